The van der Waals surface area contributed by atoms with Crippen LogP contribution in [0.3, 0.4) is 0 Å². The van der Waals surface area contributed by atoms with Gasteiger partial charge >= 0.3 is 7.12 Å². The van der Waals surface area contributed by atoms with Gasteiger partial charge in [0, 0.05) is 25.6 Å². The molecule has 0 amide bonds. The second kappa shape index (κ2) is 5.72. The summed E-state index contributed by atoms with van der Waals surface area (Å²) in [5.41, 5.74) is 1.01. The van der Waals surface area contributed by atoms with E-state index in [2.05, 4.69) is 4.98 Å². The normalized spacial score (nSPS) is 10.0. The highest BCUT2D eigenvalue weighted by atomic mass is 16.6. The SMILES string of the molecule is CCOB(OCC)c1ccncc1. The number of nitrogens with zero attached hydrogens (tertiary/aromatic N) is 1. The molecule has 0 saturated carbocycles. The lowest BCUT2D eigenvalue weighted by Gasteiger charge is -2.11. The van der Waals surface area contributed by atoms with Crippen LogP contribution in [0, 0.1) is 0 Å². The highest BCUT2D eigenvalue weighted by molar-refractivity contribution is 6.61. The lowest BCUT2D eigenvalue weighted by molar-refractivity contribution is 0.225. The molecule has 0 saturated heterocycles. The number of pyridine rings is 1. The van der Waals surface area contributed by atoms with Crippen molar-refractivity contribution in [2.45, 2.75) is 13.8 Å². The van der Waals surface area contributed by atoms with Gasteiger partial charge in [0.25, 0.3) is 0 Å². The van der Waals surface area contributed by atoms with E-state index in [1.54, 1.807) is 12.4 Å². The molecule has 1 aromatic rings. The molecule has 0 aromatic carbocycles. The first-order valence-electron chi connectivity index (χ1n) is 4.51. The zero-order valence-corrected chi connectivity index (χ0v) is 8.06. The third-order valence-electron chi connectivity index (χ3n) is 1.61. The lowest BCUT2D eigenvalue weighted by Crippen LogP contribution is -2.36. The van der Waals surface area contributed by atoms with Gasteiger partial charge in [-0.3, -0.25) is 4.98 Å². The standard InChI is InChI=1S/C9H14BNO2/c1-3-12-10(13-4-2)9-5-7-11-8-6-9/h5-8H,3-4H2,1-2H3. The predicted molar refractivity (Wildman–Crippen MR) is 52.9 cm³/mol. The van der Waals surface area contributed by atoms with Crippen LogP contribution in [-0.2, 0) is 9.31 Å². The van der Waals surface area contributed by atoms with E-state index in [9.17, 15) is 0 Å². The predicted octanol–water partition coefficient (Wildman–Crippen LogP) is 0.850. The van der Waals surface area contributed by atoms with Gasteiger partial charge in [0.2, 0.25) is 0 Å². The molecule has 70 valence electrons. The number of hydrogen-bond acceptors (Lipinski definition) is 3. The summed E-state index contributed by atoms with van der Waals surface area (Å²) in [5, 5.41) is 0. The second-order valence-electron chi connectivity index (χ2n) is 2.52. The maximum absolute atomic E-state index is 5.42. The Morgan fingerprint density at radius 2 is 1.69 bits per heavy atom. The van der Waals surface area contributed by atoms with Crippen molar-refractivity contribution in [1.82, 2.24) is 4.98 Å². The molecule has 1 heterocycles. The molecule has 0 N–H and O–H groups in total. The monoisotopic (exact) mass is 179 g/mol. The molecule has 13 heavy (non-hydrogen) atoms. The Morgan fingerprint density at radius 3 is 2.15 bits per heavy atom. The quantitative estimate of drug-likeness (QED) is 0.628. The van der Waals surface area contributed by atoms with Crippen LogP contribution < -0.4 is 5.46 Å². The molecule has 3 nitrogen and oxygen atoms in total. The van der Waals surface area contributed by atoms with E-state index >= 15 is 0 Å². The summed E-state index contributed by atoms with van der Waals surface area (Å²) < 4.78 is 10.8. The van der Waals surface area contributed by atoms with E-state index in [1.807, 2.05) is 26.0 Å². The van der Waals surface area contributed by atoms with Crippen LogP contribution in [0.4, 0.5) is 0 Å². The van der Waals surface area contributed by atoms with Crippen LogP contribution in [-0.4, -0.2) is 25.3 Å². The van der Waals surface area contributed by atoms with Gasteiger partial charge in [0.15, 0.2) is 0 Å². The van der Waals surface area contributed by atoms with Gasteiger partial charge in [0.1, 0.15) is 0 Å². The fourth-order valence-corrected chi connectivity index (χ4v) is 1.06. The maximum atomic E-state index is 5.42. The van der Waals surface area contributed by atoms with E-state index in [4.69, 9.17) is 9.31 Å². The summed E-state index contributed by atoms with van der Waals surface area (Å²) in [6, 6.07) is 3.80. The zero-order valence-electron chi connectivity index (χ0n) is 8.06. The van der Waals surface area contributed by atoms with Crippen molar-refractivity contribution in [3.05, 3.63) is 24.5 Å². The molecule has 0 unspecified atom stereocenters. The molecule has 1 aromatic heterocycles. The molecule has 0 spiro atoms. The average Bonchev–Trinajstić information content (AvgIpc) is 2.19. The van der Waals surface area contributed by atoms with Crippen LogP contribution >= 0.6 is 0 Å². The highest BCUT2D eigenvalue weighted by Crippen LogP contribution is 1.91. The van der Waals surface area contributed by atoms with Gasteiger partial charge in [-0.2, -0.15) is 0 Å². The van der Waals surface area contributed by atoms with Crippen LogP contribution in [0.5, 0.6) is 0 Å². The van der Waals surface area contributed by atoms with Crippen molar-refractivity contribution < 1.29 is 9.31 Å². The van der Waals surface area contributed by atoms with Crippen molar-refractivity contribution in [1.29, 1.82) is 0 Å². The Balaban J connectivity index is 2.64. The number of hydrogen-bond donors (Lipinski definition) is 0. The molecule has 0 radical (unpaired) electrons. The van der Waals surface area contributed by atoms with Crippen LogP contribution in [0.15, 0.2) is 24.5 Å². The fourth-order valence-electron chi connectivity index (χ4n) is 1.06. The van der Waals surface area contributed by atoms with E-state index in [0.717, 1.165) is 5.46 Å². The van der Waals surface area contributed by atoms with Gasteiger partial charge in [-0.1, -0.05) is 0 Å². The minimum atomic E-state index is -0.252. The summed E-state index contributed by atoms with van der Waals surface area (Å²) in [6.45, 7) is 5.19. The topological polar surface area (TPSA) is 31.4 Å². The minimum absolute atomic E-state index is 0.252. The first kappa shape index (κ1) is 10.2. The van der Waals surface area contributed by atoms with Crippen molar-refractivity contribution >= 4 is 12.6 Å². The lowest BCUT2D eigenvalue weighted by atomic mass is 9.79. The Labute approximate surface area is 79.2 Å². The fraction of sp³-hybridized carbons (Fsp3) is 0.444. The first-order valence-corrected chi connectivity index (χ1v) is 4.51. The molecule has 1 rings (SSSR count). The molecule has 4 heteroatoms. The summed E-state index contributed by atoms with van der Waals surface area (Å²) in [4.78, 5) is 3.94. The molecule has 0 bridgehead atoms. The van der Waals surface area contributed by atoms with Crippen LogP contribution in [0.25, 0.3) is 0 Å². The minimum Gasteiger partial charge on any atom is -0.408 e. The summed E-state index contributed by atoms with van der Waals surface area (Å²) in [5.74, 6) is 0. The van der Waals surface area contributed by atoms with Gasteiger partial charge in [0.05, 0.1) is 0 Å². The highest BCUT2D eigenvalue weighted by Gasteiger charge is 2.19. The van der Waals surface area contributed by atoms with E-state index < -0.39 is 0 Å². The average molecular weight is 179 g/mol. The Morgan fingerprint density at radius 1 is 1.15 bits per heavy atom. The second-order valence-corrected chi connectivity index (χ2v) is 2.52. The molecular weight excluding hydrogens is 165 g/mol. The molecule has 0 aliphatic heterocycles. The largest absolute Gasteiger partial charge is 0.493 e. The maximum Gasteiger partial charge on any atom is 0.493 e. The van der Waals surface area contributed by atoms with Crippen molar-refractivity contribution in [2.24, 2.45) is 0 Å². The Kier molecular flexibility index (Phi) is 4.50. The smallest absolute Gasteiger partial charge is 0.408 e. The van der Waals surface area contributed by atoms with Crippen molar-refractivity contribution in [2.75, 3.05) is 13.2 Å². The number of rotatable bonds is 5. The Bertz CT molecular complexity index is 224. The van der Waals surface area contributed by atoms with E-state index in [-0.39, 0.29) is 7.12 Å². The summed E-state index contributed by atoms with van der Waals surface area (Å²) >= 11 is 0. The molecule has 0 aliphatic carbocycles. The third kappa shape index (κ3) is 3.16. The zero-order chi connectivity index (χ0) is 9.52. The van der Waals surface area contributed by atoms with Crippen molar-refractivity contribution in [3.8, 4) is 0 Å². The molecule has 0 atom stereocenters. The first-order chi connectivity index (χ1) is 6.38. The summed E-state index contributed by atoms with van der Waals surface area (Å²) in [7, 11) is -0.252. The van der Waals surface area contributed by atoms with Gasteiger partial charge in [-0.25, -0.2) is 0 Å². The molecule has 0 aliphatic rings. The van der Waals surface area contributed by atoms with Gasteiger partial charge < -0.3 is 9.31 Å². The van der Waals surface area contributed by atoms with Gasteiger partial charge in [-0.15, -0.1) is 0 Å². The van der Waals surface area contributed by atoms with Crippen LogP contribution in [0.1, 0.15) is 13.8 Å². The Hall–Kier alpha value is -0.865. The molecule has 0 fully saturated rings. The number of aromatic nitrogens is 1. The third-order valence-corrected chi connectivity index (χ3v) is 1.61. The van der Waals surface area contributed by atoms with E-state index in [1.165, 1.54) is 0 Å². The van der Waals surface area contributed by atoms with Crippen molar-refractivity contribution in [3.63, 3.8) is 0 Å². The van der Waals surface area contributed by atoms with Crippen LogP contribution in [0.2, 0.25) is 0 Å². The van der Waals surface area contributed by atoms with Gasteiger partial charge in [-0.05, 0) is 31.4 Å². The van der Waals surface area contributed by atoms with E-state index in [0.29, 0.717) is 13.2 Å². The molecular formula is C9H14BNO2. The summed E-state index contributed by atoms with van der Waals surface area (Å²) in [6.07, 6.45) is 3.47.